The molecule has 4 aromatic rings. The molecule has 0 saturated heterocycles. The molecule has 0 spiro atoms. The Morgan fingerprint density at radius 3 is 2.63 bits per heavy atom. The molecule has 0 amide bonds. The largest absolute Gasteiger partial charge is 0.467 e. The summed E-state index contributed by atoms with van der Waals surface area (Å²) in [5, 5.41) is 21.6. The lowest BCUT2D eigenvalue weighted by atomic mass is 10.2. The first-order chi connectivity index (χ1) is 13.2. The van der Waals surface area contributed by atoms with E-state index in [0.29, 0.717) is 12.3 Å². The van der Waals surface area contributed by atoms with Gasteiger partial charge in [-0.1, -0.05) is 43.8 Å². The molecule has 0 saturated carbocycles. The van der Waals surface area contributed by atoms with Crippen LogP contribution in [0.5, 0.6) is 0 Å². The van der Waals surface area contributed by atoms with Gasteiger partial charge in [-0.2, -0.15) is 4.68 Å². The fourth-order valence-corrected chi connectivity index (χ4v) is 3.59. The van der Waals surface area contributed by atoms with E-state index in [0.717, 1.165) is 28.3 Å². The molecule has 0 aliphatic rings. The molecule has 0 radical (unpaired) electrons. The maximum Gasteiger partial charge on any atom is 0.192 e. The lowest BCUT2D eigenvalue weighted by Gasteiger charge is -2.10. The Bertz CT molecular complexity index is 992. The molecule has 3 aromatic heterocycles. The smallest absolute Gasteiger partial charge is 0.192 e. The summed E-state index contributed by atoms with van der Waals surface area (Å²) in [7, 11) is 0. The van der Waals surface area contributed by atoms with Crippen LogP contribution in [0.3, 0.4) is 0 Å². The standard InChI is InChI=1S/C18H19N7OS/c1-13(2)17-20-21-18(24(17)11-15-9-6-10-26-15)27-12-16-19-22-23-25(16)14-7-4-3-5-8-14/h3-10,13H,11-12H2,1-2H3. The molecule has 0 fully saturated rings. The molecule has 4 rings (SSSR count). The molecule has 1 aromatic carbocycles. The summed E-state index contributed by atoms with van der Waals surface area (Å²) in [6, 6.07) is 13.7. The van der Waals surface area contributed by atoms with Crippen molar-refractivity contribution in [1.29, 1.82) is 0 Å². The average Bonchev–Trinajstić information content (AvgIpc) is 3.42. The van der Waals surface area contributed by atoms with E-state index in [9.17, 15) is 0 Å². The number of rotatable bonds is 7. The van der Waals surface area contributed by atoms with Crippen LogP contribution >= 0.6 is 11.8 Å². The summed E-state index contributed by atoms with van der Waals surface area (Å²) in [5.74, 6) is 3.39. The molecule has 0 bridgehead atoms. The summed E-state index contributed by atoms with van der Waals surface area (Å²) in [4.78, 5) is 0. The predicted octanol–water partition coefficient (Wildman–Crippen LogP) is 3.31. The minimum absolute atomic E-state index is 0.261. The minimum Gasteiger partial charge on any atom is -0.467 e. The van der Waals surface area contributed by atoms with Gasteiger partial charge >= 0.3 is 0 Å². The number of hydrogen-bond acceptors (Lipinski definition) is 7. The Kier molecular flexibility index (Phi) is 5.01. The fraction of sp³-hybridized carbons (Fsp3) is 0.278. The van der Waals surface area contributed by atoms with Crippen molar-refractivity contribution in [3.63, 3.8) is 0 Å². The molecule has 9 heteroatoms. The molecule has 3 heterocycles. The number of nitrogens with zero attached hydrogens (tertiary/aromatic N) is 7. The van der Waals surface area contributed by atoms with Crippen LogP contribution in [0.1, 0.15) is 37.2 Å². The maximum atomic E-state index is 5.50. The third-order valence-corrected chi connectivity index (χ3v) is 4.98. The van der Waals surface area contributed by atoms with E-state index in [1.807, 2.05) is 42.5 Å². The summed E-state index contributed by atoms with van der Waals surface area (Å²) >= 11 is 1.56. The van der Waals surface area contributed by atoms with E-state index in [-0.39, 0.29) is 5.92 Å². The Morgan fingerprint density at radius 2 is 1.89 bits per heavy atom. The van der Waals surface area contributed by atoms with Crippen molar-refractivity contribution in [2.75, 3.05) is 0 Å². The van der Waals surface area contributed by atoms with Gasteiger partial charge in [-0.3, -0.25) is 4.57 Å². The Hall–Kier alpha value is -2.94. The molecule has 0 unspecified atom stereocenters. The van der Waals surface area contributed by atoms with Crippen LogP contribution in [0.15, 0.2) is 58.3 Å². The van der Waals surface area contributed by atoms with Crippen molar-refractivity contribution in [1.82, 2.24) is 35.0 Å². The first kappa shape index (κ1) is 17.5. The molecule has 0 N–H and O–H groups in total. The zero-order valence-electron chi connectivity index (χ0n) is 15.1. The van der Waals surface area contributed by atoms with Gasteiger partial charge in [0.2, 0.25) is 0 Å². The van der Waals surface area contributed by atoms with Gasteiger partial charge in [0.25, 0.3) is 0 Å². The summed E-state index contributed by atoms with van der Waals surface area (Å²) < 4.78 is 9.33. The molecule has 27 heavy (non-hydrogen) atoms. The molecule has 0 atom stereocenters. The van der Waals surface area contributed by atoms with Crippen LogP contribution in [-0.4, -0.2) is 35.0 Å². The highest BCUT2D eigenvalue weighted by Gasteiger charge is 2.18. The van der Waals surface area contributed by atoms with Crippen molar-refractivity contribution in [2.24, 2.45) is 0 Å². The second-order valence-electron chi connectivity index (χ2n) is 6.29. The molecule has 0 aliphatic heterocycles. The number of thioether (sulfide) groups is 1. The third-order valence-electron chi connectivity index (χ3n) is 4.02. The quantitative estimate of drug-likeness (QED) is 0.454. The van der Waals surface area contributed by atoms with Gasteiger partial charge in [-0.25, -0.2) is 0 Å². The van der Waals surface area contributed by atoms with Crippen LogP contribution in [0, 0.1) is 0 Å². The Morgan fingerprint density at radius 1 is 1.04 bits per heavy atom. The van der Waals surface area contributed by atoms with Crippen LogP contribution in [0.25, 0.3) is 5.69 Å². The van der Waals surface area contributed by atoms with Crippen molar-refractivity contribution in [3.8, 4) is 5.69 Å². The van der Waals surface area contributed by atoms with E-state index >= 15 is 0 Å². The fourth-order valence-electron chi connectivity index (χ4n) is 2.74. The predicted molar refractivity (Wildman–Crippen MR) is 101 cm³/mol. The van der Waals surface area contributed by atoms with Gasteiger partial charge in [0.15, 0.2) is 11.0 Å². The van der Waals surface area contributed by atoms with Crippen LogP contribution < -0.4 is 0 Å². The molecule has 0 aliphatic carbocycles. The lowest BCUT2D eigenvalue weighted by Crippen LogP contribution is -2.08. The molecular weight excluding hydrogens is 362 g/mol. The number of hydrogen-bond donors (Lipinski definition) is 0. The van der Waals surface area contributed by atoms with Gasteiger partial charge < -0.3 is 4.42 Å². The molecule has 138 valence electrons. The highest BCUT2D eigenvalue weighted by Crippen LogP contribution is 2.25. The van der Waals surface area contributed by atoms with E-state index in [1.54, 1.807) is 22.7 Å². The topological polar surface area (TPSA) is 87.5 Å². The minimum atomic E-state index is 0.261. The van der Waals surface area contributed by atoms with Gasteiger partial charge in [-0.05, 0) is 34.7 Å². The van der Waals surface area contributed by atoms with E-state index < -0.39 is 0 Å². The second kappa shape index (κ2) is 7.75. The number of tetrazole rings is 1. The normalized spacial score (nSPS) is 11.4. The Labute approximate surface area is 160 Å². The van der Waals surface area contributed by atoms with Crippen LogP contribution in [0.4, 0.5) is 0 Å². The number of furan rings is 1. The van der Waals surface area contributed by atoms with Crippen molar-refractivity contribution >= 4 is 11.8 Å². The lowest BCUT2D eigenvalue weighted by molar-refractivity contribution is 0.475. The van der Waals surface area contributed by atoms with Crippen molar-refractivity contribution < 1.29 is 4.42 Å². The summed E-state index contributed by atoms with van der Waals surface area (Å²) in [5.41, 5.74) is 0.929. The summed E-state index contributed by atoms with van der Waals surface area (Å²) in [6.07, 6.45) is 1.68. The van der Waals surface area contributed by atoms with E-state index in [2.05, 4.69) is 44.1 Å². The maximum absolute atomic E-state index is 5.50. The van der Waals surface area contributed by atoms with E-state index in [1.165, 1.54) is 0 Å². The molecule has 8 nitrogen and oxygen atoms in total. The van der Waals surface area contributed by atoms with Gasteiger partial charge in [-0.15, -0.1) is 15.3 Å². The van der Waals surface area contributed by atoms with Gasteiger partial charge in [0, 0.05) is 5.92 Å². The van der Waals surface area contributed by atoms with Crippen molar-refractivity contribution in [3.05, 3.63) is 66.1 Å². The van der Waals surface area contributed by atoms with Gasteiger partial charge in [0.05, 0.1) is 24.2 Å². The highest BCUT2D eigenvalue weighted by molar-refractivity contribution is 7.98. The second-order valence-corrected chi connectivity index (χ2v) is 7.23. The SMILES string of the molecule is CC(C)c1nnc(SCc2nnnn2-c2ccccc2)n1Cc1ccco1. The first-order valence-electron chi connectivity index (χ1n) is 8.63. The average molecular weight is 381 g/mol. The van der Waals surface area contributed by atoms with E-state index in [4.69, 9.17) is 4.42 Å². The van der Waals surface area contributed by atoms with Crippen molar-refractivity contribution in [2.45, 2.75) is 37.2 Å². The third kappa shape index (κ3) is 3.77. The molecular formula is C18H19N7OS. The number of para-hydroxylation sites is 1. The van der Waals surface area contributed by atoms with Crippen LogP contribution in [-0.2, 0) is 12.3 Å². The van der Waals surface area contributed by atoms with Crippen LogP contribution in [0.2, 0.25) is 0 Å². The zero-order valence-corrected chi connectivity index (χ0v) is 15.9. The number of aromatic nitrogens is 7. The zero-order chi connectivity index (χ0) is 18.6. The Balaban J connectivity index is 1.57. The highest BCUT2D eigenvalue weighted by atomic mass is 32.2. The first-order valence-corrected chi connectivity index (χ1v) is 9.62. The monoisotopic (exact) mass is 381 g/mol. The number of benzene rings is 1. The van der Waals surface area contributed by atoms with Gasteiger partial charge in [0.1, 0.15) is 11.6 Å². The summed E-state index contributed by atoms with van der Waals surface area (Å²) in [6.45, 7) is 4.81.